The van der Waals surface area contributed by atoms with Crippen LogP contribution in [0.5, 0.6) is 5.88 Å². The number of esters is 1. The van der Waals surface area contributed by atoms with E-state index in [2.05, 4.69) is 15.1 Å². The van der Waals surface area contributed by atoms with Crippen LogP contribution < -0.4 is 4.74 Å². The quantitative estimate of drug-likeness (QED) is 0.676. The zero-order valence-electron chi connectivity index (χ0n) is 14.8. The normalized spacial score (nSPS) is 16.3. The fourth-order valence-corrected chi connectivity index (χ4v) is 3.30. The van der Waals surface area contributed by atoms with E-state index in [1.807, 2.05) is 37.3 Å². The maximum Gasteiger partial charge on any atom is 0.338 e. The molecule has 1 aliphatic heterocycles. The minimum Gasteiger partial charge on any atom is -0.463 e. The number of carbonyl (C=O) groups excluding carboxylic acids is 1. The average molecular weight is 350 g/mol. The van der Waals surface area contributed by atoms with Crippen LogP contribution in [0, 0.1) is 6.92 Å². The van der Waals surface area contributed by atoms with Gasteiger partial charge in [0, 0.05) is 0 Å². The molecule has 1 unspecified atom stereocenters. The van der Waals surface area contributed by atoms with E-state index in [0.717, 1.165) is 5.56 Å². The van der Waals surface area contributed by atoms with E-state index in [1.54, 1.807) is 24.7 Å². The maximum absolute atomic E-state index is 12.7. The van der Waals surface area contributed by atoms with Gasteiger partial charge in [0.2, 0.25) is 5.88 Å². The molecular formula is C19H18N4O3. The SMILES string of the molecule is CCOC(=O)C1=C(C)Oc2ncn3nc(C)nc3c2C1c1ccccc1. The maximum atomic E-state index is 12.7. The second kappa shape index (κ2) is 6.25. The summed E-state index contributed by atoms with van der Waals surface area (Å²) in [6, 6.07) is 9.75. The number of aryl methyl sites for hydroxylation is 1. The number of rotatable bonds is 3. The molecule has 3 heterocycles. The third-order valence-corrected chi connectivity index (χ3v) is 4.33. The molecule has 4 rings (SSSR count). The van der Waals surface area contributed by atoms with Crippen molar-refractivity contribution in [1.82, 2.24) is 19.6 Å². The minimum atomic E-state index is -0.400. The van der Waals surface area contributed by atoms with Crippen LogP contribution in [0.2, 0.25) is 0 Å². The number of fused-ring (bicyclic) bond motifs is 3. The Morgan fingerprint density at radius 3 is 2.77 bits per heavy atom. The summed E-state index contributed by atoms with van der Waals surface area (Å²) in [5, 5.41) is 4.33. The second-order valence-corrected chi connectivity index (χ2v) is 6.03. The van der Waals surface area contributed by atoms with Crippen LogP contribution in [0.15, 0.2) is 48.0 Å². The van der Waals surface area contributed by atoms with Gasteiger partial charge in [-0.25, -0.2) is 19.3 Å². The highest BCUT2D eigenvalue weighted by Gasteiger charge is 2.37. The first kappa shape index (κ1) is 16.3. The highest BCUT2D eigenvalue weighted by atomic mass is 16.5. The molecule has 0 amide bonds. The van der Waals surface area contributed by atoms with Crippen LogP contribution in [0.25, 0.3) is 5.65 Å². The van der Waals surface area contributed by atoms with Crippen LogP contribution in [0.1, 0.15) is 36.7 Å². The molecule has 1 aromatic carbocycles. The van der Waals surface area contributed by atoms with Crippen LogP contribution in [0.4, 0.5) is 0 Å². The number of aromatic nitrogens is 4. The van der Waals surface area contributed by atoms with Crippen molar-refractivity contribution in [2.24, 2.45) is 0 Å². The van der Waals surface area contributed by atoms with Crippen molar-refractivity contribution in [2.45, 2.75) is 26.7 Å². The van der Waals surface area contributed by atoms with Crippen molar-refractivity contribution in [3.05, 3.63) is 64.9 Å². The highest BCUT2D eigenvalue weighted by Crippen LogP contribution is 2.44. The lowest BCUT2D eigenvalue weighted by Crippen LogP contribution is -2.24. The largest absolute Gasteiger partial charge is 0.463 e. The molecule has 0 bridgehead atoms. The summed E-state index contributed by atoms with van der Waals surface area (Å²) in [6.07, 6.45) is 1.57. The first-order valence-electron chi connectivity index (χ1n) is 8.42. The number of benzene rings is 1. The van der Waals surface area contributed by atoms with Gasteiger partial charge in [0.25, 0.3) is 0 Å². The summed E-state index contributed by atoms with van der Waals surface area (Å²) < 4.78 is 12.8. The second-order valence-electron chi connectivity index (χ2n) is 6.03. The van der Waals surface area contributed by atoms with E-state index in [9.17, 15) is 4.79 Å². The van der Waals surface area contributed by atoms with Gasteiger partial charge in [0.1, 0.15) is 17.9 Å². The van der Waals surface area contributed by atoms with Gasteiger partial charge in [-0.2, -0.15) is 5.10 Å². The zero-order chi connectivity index (χ0) is 18.3. The molecule has 0 aliphatic carbocycles. The van der Waals surface area contributed by atoms with E-state index in [0.29, 0.717) is 34.2 Å². The first-order valence-corrected chi connectivity index (χ1v) is 8.42. The van der Waals surface area contributed by atoms with Gasteiger partial charge in [0.15, 0.2) is 5.65 Å². The first-order chi connectivity index (χ1) is 12.6. The molecule has 0 saturated heterocycles. The van der Waals surface area contributed by atoms with Gasteiger partial charge in [-0.15, -0.1) is 0 Å². The average Bonchev–Trinajstić information content (AvgIpc) is 3.01. The Hall–Kier alpha value is -3.22. The fraction of sp³-hybridized carbons (Fsp3) is 0.263. The van der Waals surface area contributed by atoms with Crippen molar-refractivity contribution in [1.29, 1.82) is 0 Å². The van der Waals surface area contributed by atoms with Gasteiger partial charge in [-0.05, 0) is 26.3 Å². The molecule has 0 N–H and O–H groups in total. The van der Waals surface area contributed by atoms with Crippen molar-refractivity contribution in [3.63, 3.8) is 0 Å². The number of nitrogens with zero attached hydrogens (tertiary/aromatic N) is 4. The third kappa shape index (κ3) is 2.52. The lowest BCUT2D eigenvalue weighted by atomic mass is 9.83. The highest BCUT2D eigenvalue weighted by molar-refractivity contribution is 5.93. The molecule has 7 nitrogen and oxygen atoms in total. The Balaban J connectivity index is 2.01. The molecule has 2 aromatic heterocycles. The van der Waals surface area contributed by atoms with E-state index < -0.39 is 11.9 Å². The van der Waals surface area contributed by atoms with E-state index in [1.165, 1.54) is 0 Å². The summed E-state index contributed by atoms with van der Waals surface area (Å²) >= 11 is 0. The predicted molar refractivity (Wildman–Crippen MR) is 93.8 cm³/mol. The number of ether oxygens (including phenoxy) is 2. The van der Waals surface area contributed by atoms with Gasteiger partial charge >= 0.3 is 5.97 Å². The molecular weight excluding hydrogens is 332 g/mol. The van der Waals surface area contributed by atoms with Crippen LogP contribution in [0.3, 0.4) is 0 Å². The van der Waals surface area contributed by atoms with Crippen molar-refractivity contribution < 1.29 is 14.3 Å². The molecule has 0 spiro atoms. The number of hydrogen-bond donors (Lipinski definition) is 0. The molecule has 3 aromatic rings. The van der Waals surface area contributed by atoms with Gasteiger partial charge < -0.3 is 9.47 Å². The topological polar surface area (TPSA) is 78.6 Å². The van der Waals surface area contributed by atoms with E-state index in [4.69, 9.17) is 9.47 Å². The van der Waals surface area contributed by atoms with Crippen molar-refractivity contribution >= 4 is 11.6 Å². The van der Waals surface area contributed by atoms with Gasteiger partial charge in [0.05, 0.1) is 23.7 Å². The molecule has 132 valence electrons. The summed E-state index contributed by atoms with van der Waals surface area (Å²) in [5.41, 5.74) is 2.74. The standard InChI is InChI=1S/C19H18N4O3/c1-4-25-19(24)14-11(2)26-18-16(15(14)13-8-6-5-7-9-13)17-21-12(3)22-23(17)10-20-18/h5-10,15H,4H2,1-3H3. The lowest BCUT2D eigenvalue weighted by Gasteiger charge is -2.28. The summed E-state index contributed by atoms with van der Waals surface area (Å²) in [7, 11) is 0. The Kier molecular flexibility index (Phi) is 3.91. The predicted octanol–water partition coefficient (Wildman–Crippen LogP) is 2.79. The Morgan fingerprint density at radius 2 is 2.04 bits per heavy atom. The van der Waals surface area contributed by atoms with E-state index >= 15 is 0 Å². The van der Waals surface area contributed by atoms with Crippen molar-refractivity contribution in [2.75, 3.05) is 6.61 Å². The Bertz CT molecular complexity index is 1020. The zero-order valence-corrected chi connectivity index (χ0v) is 14.8. The molecule has 7 heteroatoms. The summed E-state index contributed by atoms with van der Waals surface area (Å²) in [5.74, 6) is 0.750. The number of hydrogen-bond acceptors (Lipinski definition) is 6. The molecule has 0 saturated carbocycles. The molecule has 1 atom stereocenters. The smallest absolute Gasteiger partial charge is 0.338 e. The van der Waals surface area contributed by atoms with Gasteiger partial charge in [-0.3, -0.25) is 0 Å². The van der Waals surface area contributed by atoms with E-state index in [-0.39, 0.29) is 6.61 Å². The van der Waals surface area contributed by atoms with Crippen LogP contribution >= 0.6 is 0 Å². The lowest BCUT2D eigenvalue weighted by molar-refractivity contribution is -0.139. The number of carbonyl (C=O) groups is 1. The molecule has 1 aliphatic rings. The Morgan fingerprint density at radius 1 is 1.27 bits per heavy atom. The van der Waals surface area contributed by atoms with Gasteiger partial charge in [-0.1, -0.05) is 30.3 Å². The molecule has 26 heavy (non-hydrogen) atoms. The number of allylic oxidation sites excluding steroid dienone is 1. The third-order valence-electron chi connectivity index (χ3n) is 4.33. The van der Waals surface area contributed by atoms with Crippen molar-refractivity contribution in [3.8, 4) is 5.88 Å². The fourth-order valence-electron chi connectivity index (χ4n) is 3.30. The Labute approximate surface area is 150 Å². The molecule has 0 radical (unpaired) electrons. The summed E-state index contributed by atoms with van der Waals surface area (Å²) in [6.45, 7) is 5.64. The minimum absolute atomic E-state index is 0.288. The molecule has 0 fully saturated rings. The summed E-state index contributed by atoms with van der Waals surface area (Å²) in [4.78, 5) is 21.6. The van der Waals surface area contributed by atoms with Crippen LogP contribution in [-0.4, -0.2) is 32.2 Å². The monoisotopic (exact) mass is 350 g/mol. The van der Waals surface area contributed by atoms with Crippen LogP contribution in [-0.2, 0) is 9.53 Å².